The van der Waals surface area contributed by atoms with E-state index in [0.29, 0.717) is 28.7 Å². The molecule has 2 fully saturated rings. The first-order chi connectivity index (χ1) is 30.1. The maximum absolute atomic E-state index is 13.8. The van der Waals surface area contributed by atoms with Gasteiger partial charge in [-0.3, -0.25) is 9.69 Å². The van der Waals surface area contributed by atoms with E-state index in [-0.39, 0.29) is 29.5 Å². The van der Waals surface area contributed by atoms with Crippen molar-refractivity contribution in [3.63, 3.8) is 0 Å². The van der Waals surface area contributed by atoms with Crippen molar-refractivity contribution in [2.45, 2.75) is 66.4 Å². The lowest BCUT2D eigenvalue weighted by Crippen LogP contribution is -2.46. The van der Waals surface area contributed by atoms with Gasteiger partial charge in [-0.15, -0.1) is 11.8 Å². The molecule has 1 heterocycles. The summed E-state index contributed by atoms with van der Waals surface area (Å²) < 4.78 is 29.9. The molecule has 7 rings (SSSR count). The second-order valence-electron chi connectivity index (χ2n) is 16.2. The van der Waals surface area contributed by atoms with Crippen molar-refractivity contribution < 1.29 is 23.1 Å². The number of carbonyl (C=O) groups is 2. The van der Waals surface area contributed by atoms with Gasteiger partial charge in [0.2, 0.25) is 0 Å². The summed E-state index contributed by atoms with van der Waals surface area (Å²) in [5.41, 5.74) is 6.07. The minimum absolute atomic E-state index is 0.0304. The highest BCUT2D eigenvalue weighted by molar-refractivity contribution is 7.99. The third-order valence-electron chi connectivity index (χ3n) is 11.8. The van der Waals surface area contributed by atoms with Crippen molar-refractivity contribution in [2.24, 2.45) is 0 Å². The van der Waals surface area contributed by atoms with Crippen LogP contribution in [0.3, 0.4) is 0 Å². The zero-order chi connectivity index (χ0) is 43.5. The van der Waals surface area contributed by atoms with Crippen LogP contribution in [0.5, 0.6) is 0 Å². The van der Waals surface area contributed by atoms with E-state index in [2.05, 4.69) is 80.3 Å². The number of thioether (sulfide) groups is 1. The molecule has 0 radical (unpaired) electrons. The fourth-order valence-corrected chi connectivity index (χ4v) is 10.1. The number of aliphatic hydroxyl groups excluding tert-OH is 1. The van der Waals surface area contributed by atoms with Gasteiger partial charge in [0.05, 0.1) is 11.5 Å². The summed E-state index contributed by atoms with van der Waals surface area (Å²) in [7, 11) is -2.15. The minimum atomic E-state index is -4.30. The van der Waals surface area contributed by atoms with E-state index in [4.69, 9.17) is 11.6 Å². The molecule has 0 spiro atoms. The molecule has 5 aromatic carbocycles. The Morgan fingerprint density at radius 1 is 0.903 bits per heavy atom. The number of hydrogen-bond donors (Lipinski definition) is 3. The lowest BCUT2D eigenvalue weighted by atomic mass is 9.93. The topological polar surface area (TPSA) is 122 Å². The number of sulfonamides is 1. The molecular formula is C49H56ClN5O5S2. The molecular weight excluding hydrogens is 838 g/mol. The standard InChI is InChI=1S/C49H56ClN5O5S2/c1-53(42-21-22-42)26-25-41(35-61-44-10-3-2-4-11-44)51-48-24-23-45(32-47(48)39(34-57)9-7-31-56)62(59,60)52-49(58)37-15-19-43(20-16-37)55-29-27-54(28-30-55)33-38-8-5-6-12-46(38)36-13-17-40(50)18-14-36/h2-6,8,10-20,23-24,31-32,39,41-42,51,57H,7,9,21-22,25-30,33-35H2,1H3,(H,52,58)/t39?,41-/m1/s1. The number of halogens is 1. The number of nitrogens with one attached hydrogen (secondary N) is 2. The maximum Gasteiger partial charge on any atom is 0.264 e. The lowest BCUT2D eigenvalue weighted by Gasteiger charge is -2.36. The molecule has 326 valence electrons. The summed E-state index contributed by atoms with van der Waals surface area (Å²) in [5, 5.41) is 14.9. The number of anilines is 2. The molecule has 62 heavy (non-hydrogen) atoms. The summed E-state index contributed by atoms with van der Waals surface area (Å²) in [6, 6.07) is 39.0. The first-order valence-electron chi connectivity index (χ1n) is 21.4. The van der Waals surface area contributed by atoms with Gasteiger partial charge in [0, 0.05) is 96.3 Å². The first-order valence-corrected chi connectivity index (χ1v) is 24.3. The SMILES string of the molecule is CN(CC[C@H](CSc1ccccc1)Nc1ccc(S(=O)(=O)NC(=O)c2ccc(N3CCN(Cc4ccccc4-c4ccc(Cl)cc4)CC3)cc2)cc1C(CO)CCC=O)C1CC1. The Labute approximate surface area is 375 Å². The number of amides is 1. The van der Waals surface area contributed by atoms with Gasteiger partial charge < -0.3 is 25.0 Å². The molecule has 1 unspecified atom stereocenters. The van der Waals surface area contributed by atoms with Crippen molar-refractivity contribution in [3.8, 4) is 11.1 Å². The van der Waals surface area contributed by atoms with Gasteiger partial charge in [-0.25, -0.2) is 13.1 Å². The molecule has 2 atom stereocenters. The molecule has 1 saturated heterocycles. The number of aliphatic hydroxyl groups is 1. The minimum Gasteiger partial charge on any atom is -0.396 e. The third kappa shape index (κ3) is 12.3. The van der Waals surface area contributed by atoms with Gasteiger partial charge in [0.1, 0.15) is 6.29 Å². The molecule has 13 heteroatoms. The summed E-state index contributed by atoms with van der Waals surface area (Å²) in [5.74, 6) is -0.460. The van der Waals surface area contributed by atoms with Gasteiger partial charge in [-0.1, -0.05) is 66.2 Å². The smallest absolute Gasteiger partial charge is 0.264 e. The normalized spacial score (nSPS) is 15.6. The van der Waals surface area contributed by atoms with E-state index in [1.54, 1.807) is 30.0 Å². The number of carbonyl (C=O) groups excluding carboxylic acids is 2. The van der Waals surface area contributed by atoms with E-state index in [0.717, 1.165) is 73.9 Å². The highest BCUT2D eigenvalue weighted by Gasteiger charge is 2.28. The molecule has 0 aromatic heterocycles. The van der Waals surface area contributed by atoms with Gasteiger partial charge >= 0.3 is 0 Å². The van der Waals surface area contributed by atoms with Crippen molar-refractivity contribution in [2.75, 3.05) is 62.3 Å². The molecule has 3 N–H and O–H groups in total. The van der Waals surface area contributed by atoms with E-state index in [1.807, 2.05) is 42.5 Å². The molecule has 0 bridgehead atoms. The molecule has 1 amide bonds. The Bertz CT molecular complexity index is 2360. The molecule has 1 aliphatic carbocycles. The van der Waals surface area contributed by atoms with Crippen molar-refractivity contribution >= 4 is 57.0 Å². The Morgan fingerprint density at radius 2 is 1.61 bits per heavy atom. The van der Waals surface area contributed by atoms with E-state index in [1.165, 1.54) is 36.1 Å². The van der Waals surface area contributed by atoms with Crippen molar-refractivity contribution in [3.05, 3.63) is 143 Å². The molecule has 10 nitrogen and oxygen atoms in total. The van der Waals surface area contributed by atoms with Gasteiger partial charge in [0.25, 0.3) is 15.9 Å². The average Bonchev–Trinajstić information content (AvgIpc) is 4.15. The highest BCUT2D eigenvalue weighted by atomic mass is 35.5. The number of hydrogen-bond acceptors (Lipinski definition) is 10. The Hall–Kier alpha value is -4.69. The Kier molecular flexibility index (Phi) is 15.8. The van der Waals surface area contributed by atoms with Crippen molar-refractivity contribution in [1.29, 1.82) is 0 Å². The molecule has 5 aromatic rings. The Morgan fingerprint density at radius 3 is 2.31 bits per heavy atom. The third-order valence-corrected chi connectivity index (χ3v) is 14.6. The van der Waals surface area contributed by atoms with Crippen LogP contribution < -0.4 is 14.9 Å². The van der Waals surface area contributed by atoms with Gasteiger partial charge in [0.15, 0.2) is 0 Å². The van der Waals surface area contributed by atoms with Crippen LogP contribution >= 0.6 is 23.4 Å². The van der Waals surface area contributed by atoms with Crippen LogP contribution in [0, 0.1) is 0 Å². The number of nitrogens with zero attached hydrogens (tertiary/aromatic N) is 3. The number of aldehydes is 1. The van der Waals surface area contributed by atoms with Crippen LogP contribution in [0.15, 0.2) is 131 Å². The Balaban J connectivity index is 1.000. The second kappa shape index (κ2) is 21.6. The van der Waals surface area contributed by atoms with E-state index in [9.17, 15) is 23.1 Å². The van der Waals surface area contributed by atoms with E-state index >= 15 is 0 Å². The maximum atomic E-state index is 13.8. The number of piperazine rings is 1. The fraction of sp³-hybridized carbons (Fsp3) is 0.347. The molecule has 2 aliphatic rings. The largest absolute Gasteiger partial charge is 0.396 e. The van der Waals surface area contributed by atoms with Crippen molar-refractivity contribution in [1.82, 2.24) is 14.5 Å². The number of benzene rings is 5. The van der Waals surface area contributed by atoms with Crippen LogP contribution in [0.1, 0.15) is 59.5 Å². The first kappa shape index (κ1) is 45.3. The van der Waals surface area contributed by atoms with Crippen LogP contribution in [0.2, 0.25) is 5.02 Å². The van der Waals surface area contributed by atoms with Gasteiger partial charge in [-0.05, 0) is 122 Å². The summed E-state index contributed by atoms with van der Waals surface area (Å²) in [6.07, 6.45) is 4.65. The fourth-order valence-electron chi connectivity index (χ4n) is 8.02. The quantitative estimate of drug-likeness (QED) is 0.0488. The zero-order valence-electron chi connectivity index (χ0n) is 35.2. The van der Waals surface area contributed by atoms with Gasteiger partial charge in [-0.2, -0.15) is 0 Å². The highest BCUT2D eigenvalue weighted by Crippen LogP contribution is 2.33. The van der Waals surface area contributed by atoms with Crippen LogP contribution in [0.25, 0.3) is 11.1 Å². The lowest BCUT2D eigenvalue weighted by molar-refractivity contribution is -0.108. The summed E-state index contributed by atoms with van der Waals surface area (Å²) in [6.45, 7) is 4.80. The zero-order valence-corrected chi connectivity index (χ0v) is 37.6. The predicted molar refractivity (Wildman–Crippen MR) is 252 cm³/mol. The number of rotatable bonds is 21. The molecule has 1 saturated carbocycles. The summed E-state index contributed by atoms with van der Waals surface area (Å²) in [4.78, 5) is 33.1. The average molecular weight is 895 g/mol. The summed E-state index contributed by atoms with van der Waals surface area (Å²) >= 11 is 7.89. The predicted octanol–water partition coefficient (Wildman–Crippen LogP) is 8.56. The molecule has 1 aliphatic heterocycles. The van der Waals surface area contributed by atoms with E-state index < -0.39 is 21.8 Å². The van der Waals surface area contributed by atoms with Crippen LogP contribution in [0.4, 0.5) is 11.4 Å². The second-order valence-corrected chi connectivity index (χ2v) is 19.5. The van der Waals surface area contributed by atoms with Crippen LogP contribution in [-0.2, 0) is 21.4 Å². The monoisotopic (exact) mass is 893 g/mol. The van der Waals surface area contributed by atoms with Crippen LogP contribution in [-0.4, -0.2) is 99.7 Å².